The van der Waals surface area contributed by atoms with E-state index in [2.05, 4.69) is 16.7 Å². The number of aryl methyl sites for hydroxylation is 1. The Kier molecular flexibility index (Phi) is 4.89. The number of benzene rings is 2. The molecule has 126 valence electrons. The maximum atomic E-state index is 12.4. The van der Waals surface area contributed by atoms with Crippen LogP contribution in [0.25, 0.3) is 0 Å². The second-order valence-corrected chi connectivity index (χ2v) is 5.81. The van der Waals surface area contributed by atoms with Crippen molar-refractivity contribution in [2.75, 3.05) is 19.5 Å². The van der Waals surface area contributed by atoms with Crippen LogP contribution in [0, 0.1) is 0 Å². The molecular formula is C19H22N2O3. The van der Waals surface area contributed by atoms with E-state index in [9.17, 15) is 4.79 Å². The van der Waals surface area contributed by atoms with Crippen molar-refractivity contribution in [3.8, 4) is 11.5 Å². The third kappa shape index (κ3) is 3.45. The molecule has 3 rings (SSSR count). The van der Waals surface area contributed by atoms with Crippen LogP contribution in [-0.4, -0.2) is 20.3 Å². The van der Waals surface area contributed by atoms with Crippen LogP contribution in [0.4, 0.5) is 10.5 Å². The fraction of sp³-hybridized carbons (Fsp3) is 0.316. The summed E-state index contributed by atoms with van der Waals surface area (Å²) in [6.45, 7) is 0. The van der Waals surface area contributed by atoms with Crippen molar-refractivity contribution >= 4 is 11.7 Å². The fourth-order valence-electron chi connectivity index (χ4n) is 3.13. The lowest BCUT2D eigenvalue weighted by molar-refractivity contribution is 0.247. The number of nitrogens with one attached hydrogen (secondary N) is 2. The number of urea groups is 1. The van der Waals surface area contributed by atoms with Crippen LogP contribution in [0.5, 0.6) is 11.5 Å². The summed E-state index contributed by atoms with van der Waals surface area (Å²) in [7, 11) is 3.25. The number of carbonyl (C=O) groups excluding carboxylic acids is 1. The smallest absolute Gasteiger partial charge is 0.319 e. The molecular weight excluding hydrogens is 304 g/mol. The predicted molar refractivity (Wildman–Crippen MR) is 93.8 cm³/mol. The number of rotatable bonds is 4. The first-order valence-corrected chi connectivity index (χ1v) is 8.08. The van der Waals surface area contributed by atoms with Gasteiger partial charge in [-0.25, -0.2) is 4.79 Å². The lowest BCUT2D eigenvalue weighted by Crippen LogP contribution is -2.34. The summed E-state index contributed by atoms with van der Waals surface area (Å²) in [5.41, 5.74) is 3.06. The summed E-state index contributed by atoms with van der Waals surface area (Å²) in [6, 6.07) is 13.2. The molecule has 0 saturated carbocycles. The highest BCUT2D eigenvalue weighted by atomic mass is 16.5. The molecule has 5 nitrogen and oxygen atoms in total. The van der Waals surface area contributed by atoms with Crippen molar-refractivity contribution in [2.45, 2.75) is 25.3 Å². The molecule has 2 amide bonds. The van der Waals surface area contributed by atoms with Crippen LogP contribution in [0.2, 0.25) is 0 Å². The first-order valence-electron chi connectivity index (χ1n) is 8.08. The highest BCUT2D eigenvalue weighted by Crippen LogP contribution is 2.32. The maximum Gasteiger partial charge on any atom is 0.319 e. The van der Waals surface area contributed by atoms with Crippen molar-refractivity contribution in [1.29, 1.82) is 0 Å². The number of hydrogen-bond acceptors (Lipinski definition) is 3. The Balaban J connectivity index is 1.72. The van der Waals surface area contributed by atoms with Gasteiger partial charge in [0.25, 0.3) is 0 Å². The molecule has 2 aromatic rings. The molecule has 1 aliphatic rings. The van der Waals surface area contributed by atoms with Gasteiger partial charge in [-0.15, -0.1) is 0 Å². The predicted octanol–water partition coefficient (Wildman–Crippen LogP) is 3.90. The molecule has 0 spiro atoms. The summed E-state index contributed by atoms with van der Waals surface area (Å²) < 4.78 is 10.5. The summed E-state index contributed by atoms with van der Waals surface area (Å²) in [6.07, 6.45) is 2.98. The van der Waals surface area contributed by atoms with Gasteiger partial charge in [-0.2, -0.15) is 0 Å². The molecule has 0 heterocycles. The number of anilines is 1. The Labute approximate surface area is 142 Å². The average Bonchev–Trinajstić information content (AvgIpc) is 2.62. The van der Waals surface area contributed by atoms with E-state index in [0.29, 0.717) is 11.4 Å². The van der Waals surface area contributed by atoms with E-state index < -0.39 is 0 Å². The minimum absolute atomic E-state index is 0.00867. The number of carbonyl (C=O) groups is 1. The standard InChI is InChI=1S/C19H22N2O3/c1-23-14-10-11-15-13(12-14)6-5-8-16(15)20-19(22)21-17-7-3-4-9-18(17)24-2/h3-4,7,9-12,16H,5-6,8H2,1-2H3,(H2,20,21,22)/t16-/m0/s1. The van der Waals surface area contributed by atoms with Gasteiger partial charge in [0.2, 0.25) is 0 Å². The van der Waals surface area contributed by atoms with Crippen LogP contribution < -0.4 is 20.1 Å². The van der Waals surface area contributed by atoms with E-state index in [-0.39, 0.29) is 12.1 Å². The molecule has 0 aliphatic heterocycles. The molecule has 5 heteroatoms. The summed E-state index contributed by atoms with van der Waals surface area (Å²) in [4.78, 5) is 12.4. The monoisotopic (exact) mass is 326 g/mol. The van der Waals surface area contributed by atoms with Gasteiger partial charge in [0.05, 0.1) is 25.9 Å². The van der Waals surface area contributed by atoms with E-state index in [0.717, 1.165) is 30.6 Å². The van der Waals surface area contributed by atoms with Crippen LogP contribution in [0.3, 0.4) is 0 Å². The van der Waals surface area contributed by atoms with Gasteiger partial charge < -0.3 is 20.1 Å². The Bertz CT molecular complexity index is 730. The zero-order chi connectivity index (χ0) is 16.9. The molecule has 2 aromatic carbocycles. The molecule has 0 saturated heterocycles. The molecule has 0 aromatic heterocycles. The summed E-state index contributed by atoms with van der Waals surface area (Å²) in [5.74, 6) is 1.49. The van der Waals surface area contributed by atoms with Gasteiger partial charge in [0.1, 0.15) is 11.5 Å². The topological polar surface area (TPSA) is 59.6 Å². The Morgan fingerprint density at radius 1 is 1.12 bits per heavy atom. The average molecular weight is 326 g/mol. The normalized spacial score (nSPS) is 16.0. The highest BCUT2D eigenvalue weighted by Gasteiger charge is 2.22. The van der Waals surface area contributed by atoms with Gasteiger partial charge in [-0.05, 0) is 54.7 Å². The largest absolute Gasteiger partial charge is 0.497 e. The molecule has 0 fully saturated rings. The van der Waals surface area contributed by atoms with Gasteiger partial charge in [-0.1, -0.05) is 18.2 Å². The minimum atomic E-state index is -0.229. The molecule has 0 bridgehead atoms. The van der Waals surface area contributed by atoms with Crippen molar-refractivity contribution in [2.24, 2.45) is 0 Å². The van der Waals surface area contributed by atoms with E-state index >= 15 is 0 Å². The van der Waals surface area contributed by atoms with Gasteiger partial charge in [-0.3, -0.25) is 0 Å². The third-order valence-corrected chi connectivity index (χ3v) is 4.32. The lowest BCUT2D eigenvalue weighted by atomic mass is 9.87. The third-order valence-electron chi connectivity index (χ3n) is 4.32. The van der Waals surface area contributed by atoms with E-state index in [4.69, 9.17) is 9.47 Å². The van der Waals surface area contributed by atoms with Crippen LogP contribution in [-0.2, 0) is 6.42 Å². The van der Waals surface area contributed by atoms with Gasteiger partial charge in [0.15, 0.2) is 0 Å². The SMILES string of the molecule is COc1ccc2c(c1)CCC[C@@H]2NC(=O)Nc1ccccc1OC. The lowest BCUT2D eigenvalue weighted by Gasteiger charge is -2.27. The first kappa shape index (κ1) is 16.2. The summed E-state index contributed by atoms with van der Waals surface area (Å²) in [5, 5.41) is 5.93. The quantitative estimate of drug-likeness (QED) is 0.896. The van der Waals surface area contributed by atoms with E-state index in [1.165, 1.54) is 5.56 Å². The highest BCUT2D eigenvalue weighted by molar-refractivity contribution is 5.91. The van der Waals surface area contributed by atoms with Crippen LogP contribution in [0.1, 0.15) is 30.0 Å². The number of hydrogen-bond donors (Lipinski definition) is 2. The van der Waals surface area contributed by atoms with Crippen LogP contribution in [0.15, 0.2) is 42.5 Å². The maximum absolute atomic E-state index is 12.4. The van der Waals surface area contributed by atoms with Crippen molar-refractivity contribution < 1.29 is 14.3 Å². The van der Waals surface area contributed by atoms with E-state index in [1.807, 2.05) is 36.4 Å². The number of amides is 2. The molecule has 1 atom stereocenters. The first-order chi connectivity index (χ1) is 11.7. The fourth-order valence-corrected chi connectivity index (χ4v) is 3.13. The van der Waals surface area contributed by atoms with Gasteiger partial charge >= 0.3 is 6.03 Å². The molecule has 2 N–H and O–H groups in total. The number of ether oxygens (including phenoxy) is 2. The Morgan fingerprint density at radius 3 is 2.75 bits per heavy atom. The van der Waals surface area contributed by atoms with Gasteiger partial charge in [0, 0.05) is 0 Å². The summed E-state index contributed by atoms with van der Waals surface area (Å²) >= 11 is 0. The molecule has 0 unspecified atom stereocenters. The minimum Gasteiger partial charge on any atom is -0.497 e. The van der Waals surface area contributed by atoms with Crippen LogP contribution >= 0.6 is 0 Å². The van der Waals surface area contributed by atoms with E-state index in [1.54, 1.807) is 14.2 Å². The van der Waals surface area contributed by atoms with Crippen molar-refractivity contribution in [3.63, 3.8) is 0 Å². The molecule has 24 heavy (non-hydrogen) atoms. The number of methoxy groups -OCH3 is 2. The molecule has 1 aliphatic carbocycles. The Morgan fingerprint density at radius 2 is 1.96 bits per heavy atom. The number of para-hydroxylation sites is 2. The second kappa shape index (κ2) is 7.25. The second-order valence-electron chi connectivity index (χ2n) is 5.81. The zero-order valence-corrected chi connectivity index (χ0v) is 14.0. The zero-order valence-electron chi connectivity index (χ0n) is 14.0. The Hall–Kier alpha value is -2.69. The van der Waals surface area contributed by atoms with Crippen molar-refractivity contribution in [3.05, 3.63) is 53.6 Å². The number of fused-ring (bicyclic) bond motifs is 1. The van der Waals surface area contributed by atoms with Crippen molar-refractivity contribution in [1.82, 2.24) is 5.32 Å². The molecule has 0 radical (unpaired) electrons.